The summed E-state index contributed by atoms with van der Waals surface area (Å²) in [6, 6.07) is 5.99. The van der Waals surface area contributed by atoms with E-state index in [-0.39, 0.29) is 11.8 Å². The fourth-order valence-electron chi connectivity index (χ4n) is 3.36. The Morgan fingerprint density at radius 2 is 2.40 bits per heavy atom. The van der Waals surface area contributed by atoms with Crippen LogP contribution in [0.4, 0.5) is 0 Å². The number of carbonyl (C=O) groups excluding carboxylic acids is 1. The lowest BCUT2D eigenvalue weighted by Gasteiger charge is -2.31. The van der Waals surface area contributed by atoms with Gasteiger partial charge in [-0.05, 0) is 17.5 Å². The molecule has 0 saturated carbocycles. The van der Waals surface area contributed by atoms with Gasteiger partial charge in [-0.15, -0.1) is 11.3 Å². The molecular formula is C18H20N4O2S. The molecule has 4 heterocycles. The lowest BCUT2D eigenvalue weighted by molar-refractivity contribution is -0.123. The summed E-state index contributed by atoms with van der Waals surface area (Å²) in [6.07, 6.45) is 5.22. The van der Waals surface area contributed by atoms with Gasteiger partial charge in [-0.1, -0.05) is 6.07 Å². The van der Waals surface area contributed by atoms with E-state index in [0.717, 1.165) is 34.9 Å². The molecule has 1 atom stereocenters. The van der Waals surface area contributed by atoms with Gasteiger partial charge in [0.2, 0.25) is 5.91 Å². The Hall–Kier alpha value is -2.38. The third-order valence-electron chi connectivity index (χ3n) is 4.53. The second-order valence-electron chi connectivity index (χ2n) is 6.34. The maximum atomic E-state index is 12.9. The average molecular weight is 356 g/mol. The summed E-state index contributed by atoms with van der Waals surface area (Å²) >= 11 is 1.65. The monoisotopic (exact) mass is 356 g/mol. The largest absolute Gasteiger partial charge is 0.472 e. The molecule has 25 heavy (non-hydrogen) atoms. The number of furan rings is 1. The molecule has 0 aromatic carbocycles. The quantitative estimate of drug-likeness (QED) is 0.763. The van der Waals surface area contributed by atoms with Crippen molar-refractivity contribution in [3.8, 4) is 0 Å². The summed E-state index contributed by atoms with van der Waals surface area (Å²) in [5.41, 5.74) is 3.11. The summed E-state index contributed by atoms with van der Waals surface area (Å²) < 4.78 is 7.13. The first kappa shape index (κ1) is 16.1. The lowest BCUT2D eigenvalue weighted by atomic mass is 9.96. The predicted molar refractivity (Wildman–Crippen MR) is 94.9 cm³/mol. The van der Waals surface area contributed by atoms with Crippen LogP contribution in [0.2, 0.25) is 0 Å². The highest BCUT2D eigenvalue weighted by atomic mass is 32.1. The second-order valence-corrected chi connectivity index (χ2v) is 7.37. The van der Waals surface area contributed by atoms with Gasteiger partial charge in [-0.3, -0.25) is 9.69 Å². The highest BCUT2D eigenvalue weighted by molar-refractivity contribution is 7.09. The molecule has 0 aliphatic carbocycles. The van der Waals surface area contributed by atoms with E-state index < -0.39 is 0 Å². The van der Waals surface area contributed by atoms with E-state index in [0.29, 0.717) is 13.1 Å². The molecule has 0 fully saturated rings. The minimum atomic E-state index is -0.219. The Balaban J connectivity index is 1.51. The van der Waals surface area contributed by atoms with Crippen LogP contribution in [-0.2, 0) is 31.5 Å². The average Bonchev–Trinajstić information content (AvgIpc) is 3.35. The number of nitrogens with zero attached hydrogens (tertiary/aromatic N) is 3. The van der Waals surface area contributed by atoms with Gasteiger partial charge in [0, 0.05) is 37.1 Å². The summed E-state index contributed by atoms with van der Waals surface area (Å²) in [5.74, 6) is -0.168. The molecule has 3 aromatic heterocycles. The molecule has 1 aliphatic heterocycles. The number of aryl methyl sites for hydroxylation is 1. The third-order valence-corrected chi connectivity index (χ3v) is 5.40. The van der Waals surface area contributed by atoms with Crippen molar-refractivity contribution < 1.29 is 9.21 Å². The molecule has 1 N–H and O–H groups in total. The Bertz CT molecular complexity index is 839. The van der Waals surface area contributed by atoms with Crippen LogP contribution >= 0.6 is 11.3 Å². The van der Waals surface area contributed by atoms with Crippen LogP contribution in [-0.4, -0.2) is 26.9 Å². The fourth-order valence-corrected chi connectivity index (χ4v) is 4.00. The molecule has 3 aromatic rings. The van der Waals surface area contributed by atoms with Crippen molar-refractivity contribution in [1.29, 1.82) is 0 Å². The number of hydrogen-bond donors (Lipinski definition) is 1. The van der Waals surface area contributed by atoms with Gasteiger partial charge in [0.25, 0.3) is 0 Å². The van der Waals surface area contributed by atoms with Gasteiger partial charge in [0.1, 0.15) is 0 Å². The van der Waals surface area contributed by atoms with Crippen LogP contribution in [0.1, 0.15) is 27.7 Å². The zero-order valence-electron chi connectivity index (χ0n) is 14.0. The van der Waals surface area contributed by atoms with Crippen LogP contribution in [0.3, 0.4) is 0 Å². The van der Waals surface area contributed by atoms with Crippen LogP contribution < -0.4 is 5.32 Å². The first-order valence-corrected chi connectivity index (χ1v) is 9.12. The number of rotatable bonds is 5. The van der Waals surface area contributed by atoms with Crippen molar-refractivity contribution in [2.75, 3.05) is 6.54 Å². The molecule has 4 rings (SSSR count). The molecular weight excluding hydrogens is 336 g/mol. The van der Waals surface area contributed by atoms with Crippen molar-refractivity contribution in [3.63, 3.8) is 0 Å². The van der Waals surface area contributed by atoms with E-state index in [1.165, 1.54) is 0 Å². The summed E-state index contributed by atoms with van der Waals surface area (Å²) in [5, 5.41) is 5.10. The maximum Gasteiger partial charge on any atom is 0.230 e. The van der Waals surface area contributed by atoms with Crippen LogP contribution in [0, 0.1) is 0 Å². The standard InChI is InChI=1S/C18H20N4O2S/c1-21-12-20-16-10-22(8-13-4-5-24-11-13)9-15(17(16)21)18(23)19-7-14-3-2-6-25-14/h2-6,11-12,15H,7-10H2,1H3,(H,19,23). The Kier molecular flexibility index (Phi) is 4.42. The fraction of sp³-hybridized carbons (Fsp3) is 0.333. The molecule has 0 spiro atoms. The molecule has 7 heteroatoms. The van der Waals surface area contributed by atoms with E-state index in [4.69, 9.17) is 4.42 Å². The topological polar surface area (TPSA) is 63.3 Å². The maximum absolute atomic E-state index is 12.9. The van der Waals surface area contributed by atoms with Crippen LogP contribution in [0.15, 0.2) is 46.8 Å². The van der Waals surface area contributed by atoms with Gasteiger partial charge in [-0.2, -0.15) is 0 Å². The van der Waals surface area contributed by atoms with Gasteiger partial charge in [0.15, 0.2) is 0 Å². The summed E-state index contributed by atoms with van der Waals surface area (Å²) in [6.45, 7) is 2.74. The van der Waals surface area contributed by atoms with Crippen molar-refractivity contribution in [3.05, 3.63) is 64.3 Å². The van der Waals surface area contributed by atoms with E-state index in [1.807, 2.05) is 35.2 Å². The molecule has 130 valence electrons. The predicted octanol–water partition coefficient (Wildman–Crippen LogP) is 2.49. The number of thiophene rings is 1. The summed E-state index contributed by atoms with van der Waals surface area (Å²) in [4.78, 5) is 20.8. The zero-order chi connectivity index (χ0) is 17.2. The number of fused-ring (bicyclic) bond motifs is 1. The number of aromatic nitrogens is 2. The SMILES string of the molecule is Cn1cnc2c1C(C(=O)NCc1cccs1)CN(Cc1ccoc1)C2. The number of carbonyl (C=O) groups is 1. The van der Waals surface area contributed by atoms with Crippen molar-refractivity contribution in [2.45, 2.75) is 25.6 Å². The van der Waals surface area contributed by atoms with Gasteiger partial charge < -0.3 is 14.3 Å². The number of hydrogen-bond acceptors (Lipinski definition) is 5. The van der Waals surface area contributed by atoms with Gasteiger partial charge >= 0.3 is 0 Å². The van der Waals surface area contributed by atoms with Crippen molar-refractivity contribution in [1.82, 2.24) is 19.8 Å². The first-order chi connectivity index (χ1) is 12.2. The van der Waals surface area contributed by atoms with Crippen LogP contribution in [0.25, 0.3) is 0 Å². The third kappa shape index (κ3) is 3.38. The molecule has 0 bridgehead atoms. The van der Waals surface area contributed by atoms with E-state index in [9.17, 15) is 4.79 Å². The first-order valence-electron chi connectivity index (χ1n) is 8.24. The smallest absolute Gasteiger partial charge is 0.230 e. The summed E-state index contributed by atoms with van der Waals surface area (Å²) in [7, 11) is 1.96. The molecule has 0 saturated heterocycles. The highest BCUT2D eigenvalue weighted by Crippen LogP contribution is 2.28. The Morgan fingerprint density at radius 1 is 1.48 bits per heavy atom. The molecule has 1 unspecified atom stereocenters. The van der Waals surface area contributed by atoms with E-state index >= 15 is 0 Å². The second kappa shape index (κ2) is 6.85. The number of imidazole rings is 1. The Labute approximate surface area is 150 Å². The normalized spacial score (nSPS) is 17.4. The molecule has 6 nitrogen and oxygen atoms in total. The molecule has 0 radical (unpaired) electrons. The van der Waals surface area contributed by atoms with Crippen LogP contribution in [0.5, 0.6) is 0 Å². The lowest BCUT2D eigenvalue weighted by Crippen LogP contribution is -2.41. The van der Waals surface area contributed by atoms with Gasteiger partial charge in [0.05, 0.1) is 42.7 Å². The van der Waals surface area contributed by atoms with Crippen molar-refractivity contribution >= 4 is 17.2 Å². The molecule has 1 amide bonds. The number of amides is 1. The molecule has 1 aliphatic rings. The highest BCUT2D eigenvalue weighted by Gasteiger charge is 2.33. The minimum absolute atomic E-state index is 0.0511. The Morgan fingerprint density at radius 3 is 3.16 bits per heavy atom. The van der Waals surface area contributed by atoms with E-state index in [2.05, 4.69) is 15.2 Å². The van der Waals surface area contributed by atoms with E-state index in [1.54, 1.807) is 30.2 Å². The van der Waals surface area contributed by atoms with Gasteiger partial charge in [-0.25, -0.2) is 4.98 Å². The zero-order valence-corrected chi connectivity index (χ0v) is 14.8. The minimum Gasteiger partial charge on any atom is -0.472 e. The van der Waals surface area contributed by atoms with Crippen molar-refractivity contribution in [2.24, 2.45) is 7.05 Å². The number of nitrogens with one attached hydrogen (secondary N) is 1.